The van der Waals surface area contributed by atoms with Crippen LogP contribution in [0.15, 0.2) is 53.4 Å². The molecule has 1 N–H and O–H groups in total. The van der Waals surface area contributed by atoms with Gasteiger partial charge in [0.05, 0.1) is 24.9 Å². The van der Waals surface area contributed by atoms with Crippen LogP contribution in [0.3, 0.4) is 0 Å². The Bertz CT molecular complexity index is 732. The Kier molecular flexibility index (Phi) is 7.03. The van der Waals surface area contributed by atoms with Crippen LogP contribution in [0.1, 0.15) is 15.9 Å². The fourth-order valence-electron chi connectivity index (χ4n) is 2.41. The Hall–Kier alpha value is -2.31. The van der Waals surface area contributed by atoms with Crippen LogP contribution in [-0.2, 0) is 16.1 Å². The number of carbonyl (C=O) groups is 2. The fraction of sp³-hybridized carbons (Fsp3) is 0.263. The standard InChI is InChI=1S/C19H22N2O3S/c1-21(12-14-8-10-15(25-3)11-9-14)13-18(22)20-17-7-5-4-6-16(17)19(23)24-2/h4-11H,12-13H2,1-3H3,(H,20,22). The zero-order chi connectivity index (χ0) is 18.2. The van der Waals surface area contributed by atoms with E-state index in [1.165, 1.54) is 12.0 Å². The number of hydrogen-bond donors (Lipinski definition) is 1. The van der Waals surface area contributed by atoms with Crippen molar-refractivity contribution in [1.82, 2.24) is 4.90 Å². The third kappa shape index (κ3) is 5.62. The summed E-state index contributed by atoms with van der Waals surface area (Å²) in [5.41, 5.74) is 1.94. The van der Waals surface area contributed by atoms with E-state index in [9.17, 15) is 9.59 Å². The van der Waals surface area contributed by atoms with Crippen molar-refractivity contribution < 1.29 is 14.3 Å². The van der Waals surface area contributed by atoms with Crippen molar-refractivity contribution >= 4 is 29.3 Å². The Morgan fingerprint density at radius 1 is 1.12 bits per heavy atom. The van der Waals surface area contributed by atoms with Crippen LogP contribution in [0.25, 0.3) is 0 Å². The number of nitrogens with zero attached hydrogens (tertiary/aromatic N) is 1. The third-order valence-corrected chi connectivity index (χ3v) is 4.38. The predicted octanol–water partition coefficient (Wildman–Crippen LogP) is 3.27. The lowest BCUT2D eigenvalue weighted by Gasteiger charge is -2.17. The SMILES string of the molecule is COC(=O)c1ccccc1NC(=O)CN(C)Cc1ccc(SC)cc1. The van der Waals surface area contributed by atoms with E-state index >= 15 is 0 Å². The maximum Gasteiger partial charge on any atom is 0.339 e. The van der Waals surface area contributed by atoms with E-state index in [2.05, 4.69) is 29.6 Å². The van der Waals surface area contributed by atoms with Gasteiger partial charge in [-0.1, -0.05) is 24.3 Å². The van der Waals surface area contributed by atoms with Crippen molar-refractivity contribution in [1.29, 1.82) is 0 Å². The van der Waals surface area contributed by atoms with Gasteiger partial charge in [-0.25, -0.2) is 4.79 Å². The van der Waals surface area contributed by atoms with E-state index in [1.54, 1.807) is 36.0 Å². The molecule has 0 fully saturated rings. The van der Waals surface area contributed by atoms with Crippen LogP contribution in [0, 0.1) is 0 Å². The van der Waals surface area contributed by atoms with E-state index < -0.39 is 5.97 Å². The molecular weight excluding hydrogens is 336 g/mol. The minimum Gasteiger partial charge on any atom is -0.465 e. The van der Waals surface area contributed by atoms with Gasteiger partial charge in [0.25, 0.3) is 0 Å². The predicted molar refractivity (Wildman–Crippen MR) is 101 cm³/mol. The number of benzene rings is 2. The molecule has 0 aliphatic rings. The molecule has 0 bridgehead atoms. The highest BCUT2D eigenvalue weighted by Gasteiger charge is 2.14. The van der Waals surface area contributed by atoms with Crippen molar-refractivity contribution in [3.05, 3.63) is 59.7 Å². The number of para-hydroxylation sites is 1. The number of carbonyl (C=O) groups excluding carboxylic acids is 2. The third-order valence-electron chi connectivity index (χ3n) is 3.63. The lowest BCUT2D eigenvalue weighted by molar-refractivity contribution is -0.117. The number of likely N-dealkylation sites (N-methyl/N-ethyl adjacent to an activating group) is 1. The van der Waals surface area contributed by atoms with Gasteiger partial charge in [0.1, 0.15) is 0 Å². The van der Waals surface area contributed by atoms with Crippen molar-refractivity contribution in [2.24, 2.45) is 0 Å². The molecule has 5 nitrogen and oxygen atoms in total. The van der Waals surface area contributed by atoms with Crippen molar-refractivity contribution in [2.75, 3.05) is 32.3 Å². The maximum atomic E-state index is 12.3. The first kappa shape index (κ1) is 19.0. The molecule has 0 saturated carbocycles. The lowest BCUT2D eigenvalue weighted by atomic mass is 10.2. The normalized spacial score (nSPS) is 10.6. The smallest absolute Gasteiger partial charge is 0.339 e. The molecule has 0 radical (unpaired) electrons. The van der Waals surface area contributed by atoms with Crippen molar-refractivity contribution in [3.63, 3.8) is 0 Å². The molecule has 0 heterocycles. The van der Waals surface area contributed by atoms with Gasteiger partial charge in [-0.05, 0) is 43.1 Å². The molecule has 0 unspecified atom stereocenters. The molecule has 132 valence electrons. The van der Waals surface area contributed by atoms with Gasteiger partial charge in [0.2, 0.25) is 5.91 Å². The molecule has 2 aromatic rings. The van der Waals surface area contributed by atoms with Crippen LogP contribution in [0.5, 0.6) is 0 Å². The second-order valence-corrected chi connectivity index (χ2v) is 6.49. The molecule has 2 aromatic carbocycles. The second-order valence-electron chi connectivity index (χ2n) is 5.61. The summed E-state index contributed by atoms with van der Waals surface area (Å²) in [7, 11) is 3.20. The van der Waals surface area contributed by atoms with Crippen LogP contribution in [0.4, 0.5) is 5.69 Å². The first-order chi connectivity index (χ1) is 12.0. The molecule has 1 amide bonds. The maximum absolute atomic E-state index is 12.3. The fourth-order valence-corrected chi connectivity index (χ4v) is 2.82. The Balaban J connectivity index is 1.94. The minimum absolute atomic E-state index is 0.181. The van der Waals surface area contributed by atoms with Crippen LogP contribution < -0.4 is 5.32 Å². The monoisotopic (exact) mass is 358 g/mol. The molecule has 25 heavy (non-hydrogen) atoms. The van der Waals surface area contributed by atoms with Gasteiger partial charge in [-0.3, -0.25) is 9.69 Å². The largest absolute Gasteiger partial charge is 0.465 e. The first-order valence-corrected chi connectivity index (χ1v) is 9.04. The summed E-state index contributed by atoms with van der Waals surface area (Å²) >= 11 is 1.70. The molecule has 2 rings (SSSR count). The highest BCUT2D eigenvalue weighted by Crippen LogP contribution is 2.17. The number of thioether (sulfide) groups is 1. The molecule has 0 spiro atoms. The number of amides is 1. The van der Waals surface area contributed by atoms with Gasteiger partial charge in [0, 0.05) is 11.4 Å². The van der Waals surface area contributed by atoms with E-state index in [4.69, 9.17) is 4.74 Å². The van der Waals surface area contributed by atoms with Gasteiger partial charge in [0.15, 0.2) is 0 Å². The van der Waals surface area contributed by atoms with E-state index in [0.717, 1.165) is 5.56 Å². The number of ether oxygens (including phenoxy) is 1. The number of anilines is 1. The number of esters is 1. The summed E-state index contributed by atoms with van der Waals surface area (Å²) in [6.07, 6.45) is 2.04. The van der Waals surface area contributed by atoms with Gasteiger partial charge < -0.3 is 10.1 Å². The molecule has 0 saturated heterocycles. The van der Waals surface area contributed by atoms with Crippen LogP contribution in [-0.4, -0.2) is 43.7 Å². The zero-order valence-corrected chi connectivity index (χ0v) is 15.4. The topological polar surface area (TPSA) is 58.6 Å². The lowest BCUT2D eigenvalue weighted by Crippen LogP contribution is -2.30. The Morgan fingerprint density at radius 3 is 2.44 bits per heavy atom. The summed E-state index contributed by atoms with van der Waals surface area (Å²) in [6, 6.07) is 15.1. The number of hydrogen-bond acceptors (Lipinski definition) is 5. The summed E-state index contributed by atoms with van der Waals surface area (Å²) in [5, 5.41) is 2.78. The molecule has 0 aliphatic heterocycles. The number of methoxy groups -OCH3 is 1. The molecule has 0 atom stereocenters. The quantitative estimate of drug-likeness (QED) is 0.608. The molecular formula is C19H22N2O3S. The van der Waals surface area contributed by atoms with Gasteiger partial charge in [-0.2, -0.15) is 0 Å². The van der Waals surface area contributed by atoms with Crippen LogP contribution >= 0.6 is 11.8 Å². The Morgan fingerprint density at radius 2 is 1.80 bits per heavy atom. The number of nitrogens with one attached hydrogen (secondary N) is 1. The first-order valence-electron chi connectivity index (χ1n) is 7.82. The highest BCUT2D eigenvalue weighted by molar-refractivity contribution is 7.98. The summed E-state index contributed by atoms with van der Waals surface area (Å²) in [6.45, 7) is 0.889. The summed E-state index contributed by atoms with van der Waals surface area (Å²) in [5.74, 6) is -0.655. The van der Waals surface area contributed by atoms with Crippen LogP contribution in [0.2, 0.25) is 0 Å². The van der Waals surface area contributed by atoms with Crippen molar-refractivity contribution in [3.8, 4) is 0 Å². The number of rotatable bonds is 7. The minimum atomic E-state index is -0.474. The van der Waals surface area contributed by atoms with E-state index in [1.807, 2.05) is 18.2 Å². The van der Waals surface area contributed by atoms with Gasteiger partial charge in [-0.15, -0.1) is 11.8 Å². The van der Waals surface area contributed by atoms with Gasteiger partial charge >= 0.3 is 5.97 Å². The average Bonchev–Trinajstić information content (AvgIpc) is 2.62. The highest BCUT2D eigenvalue weighted by atomic mass is 32.2. The van der Waals surface area contributed by atoms with E-state index in [-0.39, 0.29) is 12.5 Å². The molecule has 0 aliphatic carbocycles. The van der Waals surface area contributed by atoms with E-state index in [0.29, 0.717) is 17.8 Å². The molecule has 0 aromatic heterocycles. The van der Waals surface area contributed by atoms with Crippen molar-refractivity contribution in [2.45, 2.75) is 11.4 Å². The summed E-state index contributed by atoms with van der Waals surface area (Å²) < 4.78 is 4.74. The summed E-state index contributed by atoms with van der Waals surface area (Å²) in [4.78, 5) is 27.1. The average molecular weight is 358 g/mol. The zero-order valence-electron chi connectivity index (χ0n) is 14.6. The molecule has 6 heteroatoms. The second kappa shape index (κ2) is 9.25. The Labute approximate surface area is 152 Å².